The lowest BCUT2D eigenvalue weighted by Crippen LogP contribution is -2.36. The molecule has 1 aliphatic rings. The molecule has 1 radical (unpaired) electrons. The Bertz CT molecular complexity index is 167. The Hall–Kier alpha value is -0.530. The maximum absolute atomic E-state index is 10.2. The first-order valence-corrected chi connectivity index (χ1v) is 5.11. The summed E-state index contributed by atoms with van der Waals surface area (Å²) in [5.41, 5.74) is -0.318. The average molecular weight is 183 g/mol. The van der Waals surface area contributed by atoms with Gasteiger partial charge in [-0.25, -0.2) is 4.79 Å². The van der Waals surface area contributed by atoms with Crippen LogP contribution in [0, 0.1) is 11.8 Å². The molecule has 0 amide bonds. The summed E-state index contributed by atoms with van der Waals surface area (Å²) in [6, 6.07) is 0. The van der Waals surface area contributed by atoms with Crippen LogP contribution in [0.4, 0.5) is 0 Å². The van der Waals surface area contributed by atoms with Gasteiger partial charge >= 0.3 is 6.47 Å². The number of hydrogen-bond acceptors (Lipinski definition) is 2. The predicted octanol–water partition coefficient (Wildman–Crippen LogP) is 2.68. The van der Waals surface area contributed by atoms with Gasteiger partial charge in [-0.3, -0.25) is 0 Å². The average Bonchev–Trinajstić information content (AvgIpc) is 2.05. The van der Waals surface area contributed by atoms with E-state index in [9.17, 15) is 4.79 Å². The van der Waals surface area contributed by atoms with Gasteiger partial charge in [-0.15, -0.1) is 0 Å². The zero-order valence-electron chi connectivity index (χ0n) is 8.80. The lowest BCUT2D eigenvalue weighted by Gasteiger charge is -2.36. The summed E-state index contributed by atoms with van der Waals surface area (Å²) in [6.45, 7) is 7.82. The molecular weight excluding hydrogens is 164 g/mol. The fourth-order valence-electron chi connectivity index (χ4n) is 2.15. The zero-order valence-corrected chi connectivity index (χ0v) is 8.80. The first-order chi connectivity index (χ1) is 6.06. The van der Waals surface area contributed by atoms with Gasteiger partial charge in [-0.05, 0) is 38.5 Å². The second-order valence-corrected chi connectivity index (χ2v) is 4.75. The van der Waals surface area contributed by atoms with E-state index in [1.165, 1.54) is 25.7 Å². The molecule has 1 rings (SSSR count). The highest BCUT2D eigenvalue weighted by molar-refractivity contribution is 5.39. The van der Waals surface area contributed by atoms with Crippen LogP contribution >= 0.6 is 0 Å². The van der Waals surface area contributed by atoms with Gasteiger partial charge in [-0.2, -0.15) is 0 Å². The molecule has 75 valence electrons. The Balaban J connectivity index is 2.47. The van der Waals surface area contributed by atoms with E-state index >= 15 is 0 Å². The van der Waals surface area contributed by atoms with E-state index in [-0.39, 0.29) is 5.60 Å². The van der Waals surface area contributed by atoms with Gasteiger partial charge in [0.2, 0.25) is 0 Å². The summed E-state index contributed by atoms with van der Waals surface area (Å²) >= 11 is 0. The quantitative estimate of drug-likeness (QED) is 0.672. The molecule has 1 fully saturated rings. The first-order valence-electron chi connectivity index (χ1n) is 5.11. The van der Waals surface area contributed by atoms with Crippen LogP contribution < -0.4 is 0 Å². The monoisotopic (exact) mass is 183 g/mol. The predicted molar refractivity (Wildman–Crippen MR) is 52.0 cm³/mol. The van der Waals surface area contributed by atoms with E-state index in [0.717, 1.165) is 5.92 Å². The van der Waals surface area contributed by atoms with Crippen LogP contribution in [0.5, 0.6) is 0 Å². The molecule has 0 heterocycles. The Kier molecular flexibility index (Phi) is 3.34. The van der Waals surface area contributed by atoms with Gasteiger partial charge in [0.05, 0.1) is 0 Å². The normalized spacial score (nSPS) is 29.8. The summed E-state index contributed by atoms with van der Waals surface area (Å²) in [5, 5.41) is 0. The number of carbonyl (C=O) groups excluding carboxylic acids is 1. The summed E-state index contributed by atoms with van der Waals surface area (Å²) in [7, 11) is 0. The standard InChI is InChI=1S/C11H19O2/c1-9-4-6-10(7-5-9)11(2,3)13-8-12/h9-10H,4-7H2,1-3H3. The van der Waals surface area contributed by atoms with Crippen molar-refractivity contribution >= 4 is 6.47 Å². The molecule has 2 heteroatoms. The summed E-state index contributed by atoms with van der Waals surface area (Å²) in [5.74, 6) is 1.36. The second-order valence-electron chi connectivity index (χ2n) is 4.75. The highest BCUT2D eigenvalue weighted by Gasteiger charge is 2.33. The molecule has 0 aromatic heterocycles. The van der Waals surface area contributed by atoms with Crippen LogP contribution in [0.3, 0.4) is 0 Å². The lowest BCUT2D eigenvalue weighted by atomic mass is 9.75. The van der Waals surface area contributed by atoms with E-state index < -0.39 is 0 Å². The molecule has 0 aliphatic heterocycles. The minimum absolute atomic E-state index is 0.318. The third-order valence-corrected chi connectivity index (χ3v) is 3.30. The summed E-state index contributed by atoms with van der Waals surface area (Å²) in [4.78, 5) is 10.2. The van der Waals surface area contributed by atoms with Crippen molar-refractivity contribution in [1.82, 2.24) is 0 Å². The molecule has 0 saturated heterocycles. The number of rotatable bonds is 3. The van der Waals surface area contributed by atoms with Crippen molar-refractivity contribution in [2.75, 3.05) is 0 Å². The van der Waals surface area contributed by atoms with E-state index in [2.05, 4.69) is 6.92 Å². The Morgan fingerprint density at radius 2 is 1.77 bits per heavy atom. The maximum Gasteiger partial charge on any atom is 0.418 e. The molecule has 1 saturated carbocycles. The smallest absolute Gasteiger partial charge is 0.418 e. The molecule has 0 unspecified atom stereocenters. The van der Waals surface area contributed by atoms with Crippen LogP contribution in [-0.2, 0) is 9.53 Å². The molecule has 1 aliphatic carbocycles. The van der Waals surface area contributed by atoms with Crippen molar-refractivity contribution < 1.29 is 9.53 Å². The Morgan fingerprint density at radius 3 is 2.23 bits per heavy atom. The minimum atomic E-state index is -0.318. The van der Waals surface area contributed by atoms with E-state index in [4.69, 9.17) is 4.74 Å². The second kappa shape index (κ2) is 4.12. The third kappa shape index (κ3) is 2.71. The number of ether oxygens (including phenoxy) is 1. The van der Waals surface area contributed by atoms with Crippen molar-refractivity contribution in [1.29, 1.82) is 0 Å². The molecular formula is C11H19O2. The highest BCUT2D eigenvalue weighted by atomic mass is 16.5. The Morgan fingerprint density at radius 1 is 1.23 bits per heavy atom. The Labute approximate surface area is 80.7 Å². The molecule has 0 atom stereocenters. The van der Waals surface area contributed by atoms with Crippen LogP contribution in [0.15, 0.2) is 0 Å². The van der Waals surface area contributed by atoms with Crippen molar-refractivity contribution in [3.8, 4) is 0 Å². The fraction of sp³-hybridized carbons (Fsp3) is 0.909. The van der Waals surface area contributed by atoms with Crippen LogP contribution in [-0.4, -0.2) is 12.1 Å². The van der Waals surface area contributed by atoms with Gasteiger partial charge in [0.15, 0.2) is 0 Å². The topological polar surface area (TPSA) is 26.3 Å². The summed E-state index contributed by atoms with van der Waals surface area (Å²) < 4.78 is 5.00. The van der Waals surface area contributed by atoms with Crippen molar-refractivity contribution in [3.05, 3.63) is 0 Å². The SMILES string of the molecule is CC1CCC(C(C)(C)O[C]=O)CC1. The minimum Gasteiger partial charge on any atom is -0.451 e. The zero-order chi connectivity index (χ0) is 9.90. The van der Waals surface area contributed by atoms with Crippen LogP contribution in [0.1, 0.15) is 46.5 Å². The molecule has 13 heavy (non-hydrogen) atoms. The molecule has 0 aromatic carbocycles. The van der Waals surface area contributed by atoms with Crippen LogP contribution in [0.25, 0.3) is 0 Å². The van der Waals surface area contributed by atoms with E-state index in [1.807, 2.05) is 13.8 Å². The number of hydrogen-bond donors (Lipinski definition) is 0. The lowest BCUT2D eigenvalue weighted by molar-refractivity contribution is 0.00551. The van der Waals surface area contributed by atoms with Crippen molar-refractivity contribution in [2.45, 2.75) is 52.1 Å². The van der Waals surface area contributed by atoms with Gasteiger partial charge in [0, 0.05) is 0 Å². The van der Waals surface area contributed by atoms with Gasteiger partial charge < -0.3 is 4.74 Å². The molecule has 0 N–H and O–H groups in total. The summed E-state index contributed by atoms with van der Waals surface area (Å²) in [6.07, 6.45) is 4.87. The fourth-order valence-corrected chi connectivity index (χ4v) is 2.15. The van der Waals surface area contributed by atoms with Gasteiger partial charge in [-0.1, -0.05) is 19.8 Å². The molecule has 0 aromatic rings. The van der Waals surface area contributed by atoms with E-state index in [1.54, 1.807) is 6.47 Å². The third-order valence-electron chi connectivity index (χ3n) is 3.30. The van der Waals surface area contributed by atoms with Gasteiger partial charge in [0.1, 0.15) is 5.60 Å². The first kappa shape index (κ1) is 10.6. The highest BCUT2D eigenvalue weighted by Crippen LogP contribution is 2.36. The van der Waals surface area contributed by atoms with Crippen molar-refractivity contribution in [3.63, 3.8) is 0 Å². The largest absolute Gasteiger partial charge is 0.451 e. The van der Waals surface area contributed by atoms with Crippen LogP contribution in [0.2, 0.25) is 0 Å². The molecule has 2 nitrogen and oxygen atoms in total. The molecule has 0 bridgehead atoms. The van der Waals surface area contributed by atoms with Gasteiger partial charge in [0.25, 0.3) is 0 Å². The maximum atomic E-state index is 10.2. The molecule has 0 spiro atoms. The van der Waals surface area contributed by atoms with Crippen molar-refractivity contribution in [2.24, 2.45) is 11.8 Å². The van der Waals surface area contributed by atoms with E-state index in [0.29, 0.717) is 5.92 Å².